The summed E-state index contributed by atoms with van der Waals surface area (Å²) in [5.74, 6) is -1.39. The van der Waals surface area contributed by atoms with Gasteiger partial charge in [0, 0.05) is 16.6 Å². The smallest absolute Gasteiger partial charge is 0.395 e. The number of hydrogen-bond acceptors (Lipinski definition) is 4. The summed E-state index contributed by atoms with van der Waals surface area (Å²) in [6, 6.07) is 12.3. The van der Waals surface area contributed by atoms with Gasteiger partial charge in [0.15, 0.2) is 6.67 Å². The maximum atomic E-state index is 13.5. The lowest BCUT2D eigenvalue weighted by atomic mass is 10.2. The lowest BCUT2D eigenvalue weighted by molar-refractivity contribution is -0.209. The highest BCUT2D eigenvalue weighted by atomic mass is 19.3. The Bertz CT molecular complexity index is 1450. The largest absolute Gasteiger partial charge is 0.429 e. The summed E-state index contributed by atoms with van der Waals surface area (Å²) in [5.41, 5.74) is 4.17. The van der Waals surface area contributed by atoms with E-state index in [2.05, 4.69) is 24.7 Å². The second-order valence-corrected chi connectivity index (χ2v) is 7.21. The molecule has 3 aromatic heterocycles. The topological polar surface area (TPSA) is 83.7 Å². The van der Waals surface area contributed by atoms with E-state index in [1.54, 1.807) is 30.3 Å². The molecule has 5 heterocycles. The zero-order valence-corrected chi connectivity index (χ0v) is 16.4. The monoisotopic (exact) mass is 436 g/mol. The van der Waals surface area contributed by atoms with Gasteiger partial charge in [0.25, 0.3) is 0 Å². The van der Waals surface area contributed by atoms with E-state index in [0.717, 1.165) is 16.7 Å². The lowest BCUT2D eigenvalue weighted by Crippen LogP contribution is -2.27. The average molecular weight is 436 g/mol. The van der Waals surface area contributed by atoms with Crippen LogP contribution in [-0.4, -0.2) is 38.7 Å². The highest BCUT2D eigenvalue weighted by Crippen LogP contribution is 2.25. The first-order chi connectivity index (χ1) is 15.4. The number of rotatable bonds is 3. The van der Waals surface area contributed by atoms with Crippen molar-refractivity contribution < 1.29 is 22.7 Å². The molecular formula is C23H15F3N4O2. The van der Waals surface area contributed by atoms with Crippen LogP contribution < -0.4 is 0 Å². The van der Waals surface area contributed by atoms with Gasteiger partial charge in [-0.05, 0) is 66.8 Å². The van der Waals surface area contributed by atoms with Crippen LogP contribution in [0.2, 0.25) is 0 Å². The predicted octanol–water partition coefficient (Wildman–Crippen LogP) is 5.37. The van der Waals surface area contributed by atoms with Crippen molar-refractivity contribution in [2.24, 2.45) is 0 Å². The molecule has 0 aliphatic carbocycles. The van der Waals surface area contributed by atoms with E-state index in [0.29, 0.717) is 16.9 Å². The molecule has 0 atom stereocenters. The van der Waals surface area contributed by atoms with Crippen LogP contribution >= 0.6 is 0 Å². The molecule has 32 heavy (non-hydrogen) atoms. The van der Waals surface area contributed by atoms with Gasteiger partial charge in [-0.25, -0.2) is 19.2 Å². The number of alkyl halides is 3. The van der Waals surface area contributed by atoms with Crippen LogP contribution in [0.5, 0.6) is 0 Å². The van der Waals surface area contributed by atoms with Gasteiger partial charge in [-0.3, -0.25) is 0 Å². The SMILES string of the molecule is O=C(OC(F)(F)CF)c1c2nc(cc3ccc(cc4nc(cc5ccc1[nH]5)C=C4)[nH]3)C=C2. The van der Waals surface area contributed by atoms with Crippen molar-refractivity contribution >= 4 is 52.3 Å². The molecule has 0 unspecified atom stereocenters. The van der Waals surface area contributed by atoms with Crippen molar-refractivity contribution in [1.29, 1.82) is 0 Å². The van der Waals surface area contributed by atoms with Crippen LogP contribution in [-0.2, 0) is 4.74 Å². The Morgan fingerprint density at radius 3 is 2.06 bits per heavy atom. The van der Waals surface area contributed by atoms with Crippen LogP contribution in [0.3, 0.4) is 0 Å². The Morgan fingerprint density at radius 1 is 0.844 bits per heavy atom. The second-order valence-electron chi connectivity index (χ2n) is 7.21. The number of carbonyl (C=O) groups excluding carboxylic acids is 1. The van der Waals surface area contributed by atoms with Gasteiger partial charge in [-0.15, -0.1) is 0 Å². The molecule has 0 saturated heterocycles. The fourth-order valence-corrected chi connectivity index (χ4v) is 3.44. The molecule has 2 aliphatic heterocycles. The maximum Gasteiger partial charge on any atom is 0.429 e. The molecule has 0 saturated carbocycles. The van der Waals surface area contributed by atoms with Crippen molar-refractivity contribution in [2.75, 3.05) is 6.67 Å². The highest BCUT2D eigenvalue weighted by Gasteiger charge is 2.35. The number of nitrogens with one attached hydrogen (secondary N) is 2. The summed E-state index contributed by atoms with van der Waals surface area (Å²) in [6.45, 7) is -2.12. The first-order valence-electron chi connectivity index (χ1n) is 9.63. The van der Waals surface area contributed by atoms with Crippen molar-refractivity contribution in [2.45, 2.75) is 6.11 Å². The Labute approximate surface area is 179 Å². The molecule has 160 valence electrons. The summed E-state index contributed by atoms with van der Waals surface area (Å²) in [5, 5.41) is 0. The first kappa shape index (κ1) is 19.8. The van der Waals surface area contributed by atoms with Crippen LogP contribution in [0.25, 0.3) is 46.4 Å². The molecular weight excluding hydrogens is 421 g/mol. The number of nitrogens with zero attached hydrogens (tertiary/aromatic N) is 2. The van der Waals surface area contributed by atoms with Crippen molar-refractivity contribution in [3.05, 3.63) is 70.8 Å². The van der Waals surface area contributed by atoms with E-state index >= 15 is 0 Å². The first-order valence-corrected chi connectivity index (χ1v) is 9.63. The molecule has 5 rings (SSSR count). The van der Waals surface area contributed by atoms with Gasteiger partial charge < -0.3 is 14.7 Å². The molecule has 9 heteroatoms. The van der Waals surface area contributed by atoms with E-state index in [1.807, 2.05) is 30.4 Å². The number of hydrogen-bond donors (Lipinski definition) is 2. The van der Waals surface area contributed by atoms with E-state index in [1.165, 1.54) is 6.08 Å². The van der Waals surface area contributed by atoms with Crippen LogP contribution in [0.15, 0.2) is 42.5 Å². The van der Waals surface area contributed by atoms with E-state index in [9.17, 15) is 18.0 Å². The summed E-state index contributed by atoms with van der Waals surface area (Å²) in [7, 11) is 0. The number of aromatic nitrogens is 4. The number of carbonyl (C=O) groups is 1. The molecule has 0 amide bonds. The summed E-state index contributed by atoms with van der Waals surface area (Å²) in [6.07, 6.45) is 2.59. The zero-order chi connectivity index (χ0) is 22.3. The fraction of sp³-hybridized carbons (Fsp3) is 0.0870. The van der Waals surface area contributed by atoms with Gasteiger partial charge in [-0.2, -0.15) is 8.78 Å². The lowest BCUT2D eigenvalue weighted by Gasteiger charge is -2.13. The molecule has 0 spiro atoms. The molecule has 2 aliphatic rings. The molecule has 3 aromatic rings. The van der Waals surface area contributed by atoms with Crippen LogP contribution in [0, 0.1) is 0 Å². The van der Waals surface area contributed by atoms with E-state index < -0.39 is 18.8 Å². The third-order valence-electron chi connectivity index (χ3n) is 4.82. The van der Waals surface area contributed by atoms with Gasteiger partial charge in [0.2, 0.25) is 0 Å². The minimum absolute atomic E-state index is 0.114. The third kappa shape index (κ3) is 3.92. The number of esters is 1. The van der Waals surface area contributed by atoms with E-state index in [-0.39, 0.29) is 16.8 Å². The third-order valence-corrected chi connectivity index (χ3v) is 4.82. The molecule has 0 aromatic carbocycles. The molecule has 8 bridgehead atoms. The van der Waals surface area contributed by atoms with Crippen LogP contribution in [0.1, 0.15) is 33.1 Å². The predicted molar refractivity (Wildman–Crippen MR) is 115 cm³/mol. The minimum atomic E-state index is -4.24. The van der Waals surface area contributed by atoms with Gasteiger partial charge >= 0.3 is 12.1 Å². The number of ether oxygens (including phenoxy) is 1. The van der Waals surface area contributed by atoms with Crippen molar-refractivity contribution in [1.82, 2.24) is 19.9 Å². The molecule has 0 radical (unpaired) electrons. The minimum Gasteiger partial charge on any atom is -0.395 e. The fourth-order valence-electron chi connectivity index (χ4n) is 3.44. The van der Waals surface area contributed by atoms with E-state index in [4.69, 9.17) is 0 Å². The Morgan fingerprint density at radius 2 is 1.41 bits per heavy atom. The van der Waals surface area contributed by atoms with Gasteiger partial charge in [-0.1, -0.05) is 0 Å². The Balaban J connectivity index is 1.79. The average Bonchev–Trinajstić information content (AvgIpc) is 3.53. The zero-order valence-electron chi connectivity index (χ0n) is 16.4. The number of halogens is 3. The summed E-state index contributed by atoms with van der Waals surface area (Å²) < 4.78 is 43.6. The van der Waals surface area contributed by atoms with Gasteiger partial charge in [0.1, 0.15) is 5.56 Å². The summed E-state index contributed by atoms with van der Waals surface area (Å²) in [4.78, 5) is 27.7. The van der Waals surface area contributed by atoms with Crippen LogP contribution in [0.4, 0.5) is 13.2 Å². The van der Waals surface area contributed by atoms with Crippen molar-refractivity contribution in [3.63, 3.8) is 0 Å². The number of H-pyrrole nitrogens is 2. The standard InChI is InChI=1S/C23H15F3N4O2/c24-12-23(25,26)32-22(31)21-19-7-5-17(29-19)10-15-3-1-13(27-15)9-14-2-4-16(28-14)11-18-6-8-20(21)30-18/h1-11,27,30H,12H2. The highest BCUT2D eigenvalue weighted by molar-refractivity contribution is 6.01. The molecule has 6 nitrogen and oxygen atoms in total. The number of aromatic amines is 2. The Hall–Kier alpha value is -4.14. The van der Waals surface area contributed by atoms with Gasteiger partial charge in [0.05, 0.1) is 28.3 Å². The second kappa shape index (κ2) is 7.52. The van der Waals surface area contributed by atoms with Crippen molar-refractivity contribution in [3.8, 4) is 0 Å². The maximum absolute atomic E-state index is 13.5. The number of fused-ring (bicyclic) bond motifs is 8. The molecule has 2 N–H and O–H groups in total. The Kier molecular flexibility index (Phi) is 4.66. The quantitative estimate of drug-likeness (QED) is 0.372. The summed E-state index contributed by atoms with van der Waals surface area (Å²) >= 11 is 0. The normalized spacial score (nSPS) is 12.8. The molecule has 0 fully saturated rings.